The second kappa shape index (κ2) is 4.57. The molecule has 1 aromatic carbocycles. The first-order valence-electron chi connectivity index (χ1n) is 5.82. The number of non-ortho nitro benzene ring substituents is 1. The first kappa shape index (κ1) is 12.0. The number of hydrogen-bond donors (Lipinski definition) is 2. The highest BCUT2D eigenvalue weighted by molar-refractivity contribution is 5.74. The third-order valence-electron chi connectivity index (χ3n) is 2.87. The molecular formula is C12H10N6O2. The maximum absolute atomic E-state index is 10.8. The van der Waals surface area contributed by atoms with Gasteiger partial charge in [0.2, 0.25) is 5.95 Å². The lowest BCUT2D eigenvalue weighted by Crippen LogP contribution is -2.02. The Morgan fingerprint density at radius 2 is 2.20 bits per heavy atom. The fourth-order valence-corrected chi connectivity index (χ4v) is 2.01. The van der Waals surface area contributed by atoms with Crippen LogP contribution in [-0.2, 0) is 6.42 Å². The predicted octanol–water partition coefficient (Wildman–Crippen LogP) is 1.43. The van der Waals surface area contributed by atoms with Gasteiger partial charge >= 0.3 is 0 Å². The van der Waals surface area contributed by atoms with Crippen molar-refractivity contribution in [3.8, 4) is 0 Å². The molecule has 3 aromatic rings. The number of rotatable bonds is 3. The number of aromatic nitrogens is 4. The van der Waals surface area contributed by atoms with E-state index in [9.17, 15) is 10.1 Å². The number of benzene rings is 1. The van der Waals surface area contributed by atoms with Crippen LogP contribution >= 0.6 is 0 Å². The van der Waals surface area contributed by atoms with Gasteiger partial charge < -0.3 is 10.7 Å². The van der Waals surface area contributed by atoms with Crippen molar-refractivity contribution >= 4 is 22.8 Å². The van der Waals surface area contributed by atoms with E-state index in [1.807, 2.05) is 0 Å². The Bertz CT molecular complexity index is 797. The van der Waals surface area contributed by atoms with E-state index in [0.717, 1.165) is 5.56 Å². The summed E-state index contributed by atoms with van der Waals surface area (Å²) in [4.78, 5) is 25.5. The van der Waals surface area contributed by atoms with Gasteiger partial charge in [-0.15, -0.1) is 0 Å². The van der Waals surface area contributed by atoms with Gasteiger partial charge in [0.05, 0.1) is 16.9 Å². The molecule has 2 heterocycles. The zero-order valence-corrected chi connectivity index (χ0v) is 10.3. The molecule has 0 bridgehead atoms. The summed E-state index contributed by atoms with van der Waals surface area (Å²) in [5.41, 5.74) is 8.28. The van der Waals surface area contributed by atoms with E-state index in [2.05, 4.69) is 19.9 Å². The van der Waals surface area contributed by atoms with Crippen LogP contribution in [0.25, 0.3) is 11.2 Å². The lowest BCUT2D eigenvalue weighted by Gasteiger charge is -2.03. The second-order valence-electron chi connectivity index (χ2n) is 4.23. The largest absolute Gasteiger partial charge is 0.368 e. The molecule has 2 aromatic heterocycles. The van der Waals surface area contributed by atoms with Gasteiger partial charge in [0.1, 0.15) is 5.52 Å². The summed E-state index contributed by atoms with van der Waals surface area (Å²) in [6.07, 6.45) is 1.92. The van der Waals surface area contributed by atoms with Crippen molar-refractivity contribution in [1.29, 1.82) is 0 Å². The Labute approximate surface area is 112 Å². The lowest BCUT2D eigenvalue weighted by molar-refractivity contribution is -0.384. The van der Waals surface area contributed by atoms with Gasteiger partial charge in [0, 0.05) is 18.6 Å². The van der Waals surface area contributed by atoms with Crippen LogP contribution in [0.2, 0.25) is 0 Å². The quantitative estimate of drug-likeness (QED) is 0.548. The van der Waals surface area contributed by atoms with Crippen molar-refractivity contribution in [2.75, 3.05) is 5.73 Å². The van der Waals surface area contributed by atoms with Gasteiger partial charge in [-0.2, -0.15) is 4.98 Å². The Morgan fingerprint density at radius 1 is 1.35 bits per heavy atom. The Balaban J connectivity index is 2.02. The van der Waals surface area contributed by atoms with Crippen molar-refractivity contribution in [3.63, 3.8) is 0 Å². The zero-order chi connectivity index (χ0) is 14.1. The van der Waals surface area contributed by atoms with Crippen LogP contribution in [0.15, 0.2) is 30.6 Å². The minimum atomic E-state index is -0.427. The van der Waals surface area contributed by atoms with Crippen LogP contribution in [0.4, 0.5) is 11.6 Å². The van der Waals surface area contributed by atoms with Gasteiger partial charge in [-0.1, -0.05) is 12.1 Å². The molecule has 8 nitrogen and oxygen atoms in total. The van der Waals surface area contributed by atoms with Crippen LogP contribution in [0, 0.1) is 10.1 Å². The van der Waals surface area contributed by atoms with Gasteiger partial charge in [-0.05, 0) is 5.56 Å². The molecular weight excluding hydrogens is 260 g/mol. The van der Waals surface area contributed by atoms with Gasteiger partial charge in [-0.25, -0.2) is 9.97 Å². The molecule has 0 unspecified atom stereocenters. The topological polar surface area (TPSA) is 124 Å². The first-order valence-corrected chi connectivity index (χ1v) is 5.82. The molecule has 0 radical (unpaired) electrons. The molecule has 0 saturated carbocycles. The summed E-state index contributed by atoms with van der Waals surface area (Å²) >= 11 is 0. The SMILES string of the molecule is Nc1nc(Cc2cccc([N+](=O)[O-])c2)c2[nH]cnc2n1. The molecule has 0 aliphatic rings. The van der Waals surface area contributed by atoms with Gasteiger partial charge in [0.25, 0.3) is 5.69 Å². The van der Waals surface area contributed by atoms with Crippen LogP contribution in [0.3, 0.4) is 0 Å². The maximum atomic E-state index is 10.8. The van der Waals surface area contributed by atoms with Crippen LogP contribution in [-0.4, -0.2) is 24.9 Å². The van der Waals surface area contributed by atoms with Crippen molar-refractivity contribution in [2.45, 2.75) is 6.42 Å². The summed E-state index contributed by atoms with van der Waals surface area (Å²) in [5, 5.41) is 10.8. The smallest absolute Gasteiger partial charge is 0.269 e. The minimum absolute atomic E-state index is 0.0467. The number of anilines is 1. The highest BCUT2D eigenvalue weighted by Crippen LogP contribution is 2.19. The highest BCUT2D eigenvalue weighted by Gasteiger charge is 2.11. The molecule has 3 N–H and O–H groups in total. The number of nitrogens with one attached hydrogen (secondary N) is 1. The Hall–Kier alpha value is -3.03. The van der Waals surface area contributed by atoms with Crippen molar-refractivity contribution in [3.05, 3.63) is 52.0 Å². The van der Waals surface area contributed by atoms with Crippen LogP contribution in [0.1, 0.15) is 11.3 Å². The van der Waals surface area contributed by atoms with E-state index in [1.54, 1.807) is 12.1 Å². The minimum Gasteiger partial charge on any atom is -0.368 e. The van der Waals surface area contributed by atoms with Gasteiger partial charge in [-0.3, -0.25) is 10.1 Å². The molecule has 0 aliphatic carbocycles. The number of fused-ring (bicyclic) bond motifs is 1. The van der Waals surface area contributed by atoms with Crippen LogP contribution in [0.5, 0.6) is 0 Å². The number of nitrogens with zero attached hydrogens (tertiary/aromatic N) is 4. The van der Waals surface area contributed by atoms with E-state index in [1.165, 1.54) is 18.5 Å². The monoisotopic (exact) mass is 270 g/mol. The van der Waals surface area contributed by atoms with E-state index in [-0.39, 0.29) is 11.6 Å². The molecule has 0 fully saturated rings. The molecule has 20 heavy (non-hydrogen) atoms. The number of H-pyrrole nitrogens is 1. The number of nitro groups is 1. The van der Waals surface area contributed by atoms with Crippen molar-refractivity contribution in [2.24, 2.45) is 0 Å². The second-order valence-corrected chi connectivity index (χ2v) is 4.23. The zero-order valence-electron chi connectivity index (χ0n) is 10.3. The molecule has 8 heteroatoms. The number of hydrogen-bond acceptors (Lipinski definition) is 6. The van der Waals surface area contributed by atoms with Gasteiger partial charge in [0.15, 0.2) is 5.65 Å². The van der Waals surface area contributed by atoms with Crippen LogP contribution < -0.4 is 5.73 Å². The van der Waals surface area contributed by atoms with Crippen molar-refractivity contribution in [1.82, 2.24) is 19.9 Å². The number of imidazole rings is 1. The van der Waals surface area contributed by atoms with E-state index in [4.69, 9.17) is 5.73 Å². The fourth-order valence-electron chi connectivity index (χ4n) is 2.01. The van der Waals surface area contributed by atoms with E-state index in [0.29, 0.717) is 23.3 Å². The summed E-state index contributed by atoms with van der Waals surface area (Å²) < 4.78 is 0. The molecule has 0 amide bonds. The normalized spacial score (nSPS) is 10.8. The maximum Gasteiger partial charge on any atom is 0.269 e. The summed E-state index contributed by atoms with van der Waals surface area (Å²) in [5.74, 6) is 0.130. The number of aromatic amines is 1. The third kappa shape index (κ3) is 2.14. The highest BCUT2D eigenvalue weighted by atomic mass is 16.6. The van der Waals surface area contributed by atoms with E-state index >= 15 is 0 Å². The first-order chi connectivity index (χ1) is 9.63. The number of nitrogens with two attached hydrogens (primary N) is 1. The number of nitrogen functional groups attached to an aromatic ring is 1. The molecule has 0 saturated heterocycles. The Morgan fingerprint density at radius 3 is 3.00 bits per heavy atom. The molecule has 0 atom stereocenters. The van der Waals surface area contributed by atoms with E-state index < -0.39 is 4.92 Å². The molecule has 0 spiro atoms. The van der Waals surface area contributed by atoms with Crippen molar-refractivity contribution < 1.29 is 4.92 Å². The third-order valence-corrected chi connectivity index (χ3v) is 2.87. The summed E-state index contributed by atoms with van der Waals surface area (Å²) in [6, 6.07) is 6.40. The predicted molar refractivity (Wildman–Crippen MR) is 72.0 cm³/mol. The number of nitro benzene ring substituents is 1. The summed E-state index contributed by atoms with van der Waals surface area (Å²) in [7, 11) is 0. The average molecular weight is 270 g/mol. The fraction of sp³-hybridized carbons (Fsp3) is 0.0833. The Kier molecular flexibility index (Phi) is 2.75. The lowest BCUT2D eigenvalue weighted by atomic mass is 10.1. The molecule has 100 valence electrons. The standard InChI is InChI=1S/C12H10N6O2/c13-12-16-9(10-11(17-12)15-6-14-10)5-7-2-1-3-8(4-7)18(19)20/h1-4,6H,5H2,(H3,13,14,15,16,17). The average Bonchev–Trinajstić information content (AvgIpc) is 2.87. The molecule has 3 rings (SSSR count). The molecule has 0 aliphatic heterocycles. The summed E-state index contributed by atoms with van der Waals surface area (Å²) in [6.45, 7) is 0.